The highest BCUT2D eigenvalue weighted by Crippen LogP contribution is 2.42. The van der Waals surface area contributed by atoms with E-state index in [-0.39, 0.29) is 17.5 Å². The first-order valence-corrected chi connectivity index (χ1v) is 7.55. The lowest BCUT2D eigenvalue weighted by Gasteiger charge is -2.39. The molecule has 0 spiro atoms. The molecule has 0 saturated heterocycles. The first-order chi connectivity index (χ1) is 10.5. The second-order valence-corrected chi connectivity index (χ2v) is 5.86. The molecule has 5 nitrogen and oxygen atoms in total. The van der Waals surface area contributed by atoms with Gasteiger partial charge in [-0.3, -0.25) is 4.79 Å². The van der Waals surface area contributed by atoms with Gasteiger partial charge in [0.25, 0.3) is 0 Å². The number of hydrogen-bond acceptors (Lipinski definition) is 5. The third kappa shape index (κ3) is 3.53. The maximum atomic E-state index is 11.2. The lowest BCUT2D eigenvalue weighted by atomic mass is 9.69. The van der Waals surface area contributed by atoms with Crippen LogP contribution in [0, 0.1) is 0 Å². The Kier molecular flexibility index (Phi) is 5.29. The molecule has 5 heteroatoms. The van der Waals surface area contributed by atoms with E-state index in [2.05, 4.69) is 0 Å². The fourth-order valence-electron chi connectivity index (χ4n) is 3.08. The highest BCUT2D eigenvalue weighted by Gasteiger charge is 2.38. The van der Waals surface area contributed by atoms with Crippen LogP contribution in [0.15, 0.2) is 18.2 Å². The Labute approximate surface area is 131 Å². The number of hydrogen-bond donors (Lipinski definition) is 1. The Morgan fingerprint density at radius 3 is 2.41 bits per heavy atom. The average molecular weight is 308 g/mol. The minimum atomic E-state index is -0.286. The van der Waals surface area contributed by atoms with Gasteiger partial charge in [-0.15, -0.1) is 0 Å². The van der Waals surface area contributed by atoms with Gasteiger partial charge in [-0.2, -0.15) is 0 Å². The zero-order valence-electron chi connectivity index (χ0n) is 13.4. The number of methoxy groups -OCH3 is 2. The predicted molar refractivity (Wildman–Crippen MR) is 82.3 cm³/mol. The van der Waals surface area contributed by atoms with E-state index in [1.54, 1.807) is 14.2 Å². The van der Waals surface area contributed by atoms with E-state index >= 15 is 0 Å². The lowest BCUT2D eigenvalue weighted by Crippen LogP contribution is -2.38. The topological polar surface area (TPSA) is 65.0 Å². The second-order valence-electron chi connectivity index (χ2n) is 5.86. The molecule has 2 rings (SSSR count). The molecule has 0 heterocycles. The molecule has 0 unspecified atom stereocenters. The smallest absolute Gasteiger partial charge is 0.302 e. The van der Waals surface area contributed by atoms with Crippen LogP contribution in [0.2, 0.25) is 0 Å². The summed E-state index contributed by atoms with van der Waals surface area (Å²) in [5.41, 5.74) is 0.781. The van der Waals surface area contributed by atoms with Crippen molar-refractivity contribution < 1.29 is 24.1 Å². The number of benzene rings is 1. The Balaban J connectivity index is 2.33. The summed E-state index contributed by atoms with van der Waals surface area (Å²) in [4.78, 5) is 11.2. The van der Waals surface area contributed by atoms with Gasteiger partial charge < -0.3 is 19.3 Å². The van der Waals surface area contributed by atoms with Crippen LogP contribution in [0.4, 0.5) is 0 Å². The van der Waals surface area contributed by atoms with Gasteiger partial charge in [0.2, 0.25) is 0 Å². The Morgan fingerprint density at radius 1 is 1.23 bits per heavy atom. The van der Waals surface area contributed by atoms with Crippen LogP contribution in [-0.2, 0) is 14.9 Å². The summed E-state index contributed by atoms with van der Waals surface area (Å²) in [6.07, 6.45) is 2.68. The Hall–Kier alpha value is -1.75. The SMILES string of the molecule is COc1ccc([C@]2(COC(C)=O)CC[C@@H](O)CC2)cc1OC. The van der Waals surface area contributed by atoms with Crippen LogP contribution in [0.5, 0.6) is 11.5 Å². The van der Waals surface area contributed by atoms with Crippen LogP contribution in [0.1, 0.15) is 38.2 Å². The standard InChI is InChI=1S/C17H24O5/c1-12(18)22-11-17(8-6-14(19)7-9-17)13-4-5-15(20-2)16(10-13)21-3/h4-5,10,14,19H,6-9,11H2,1-3H3/t14-,17-. The van der Waals surface area contributed by atoms with E-state index < -0.39 is 0 Å². The van der Waals surface area contributed by atoms with Crippen molar-refractivity contribution in [3.63, 3.8) is 0 Å². The maximum Gasteiger partial charge on any atom is 0.302 e. The number of aliphatic hydroxyl groups is 1. The molecular weight excluding hydrogens is 284 g/mol. The van der Waals surface area contributed by atoms with Crippen LogP contribution < -0.4 is 9.47 Å². The van der Waals surface area contributed by atoms with Gasteiger partial charge in [-0.1, -0.05) is 6.07 Å². The van der Waals surface area contributed by atoms with Gasteiger partial charge in [0, 0.05) is 12.3 Å². The van der Waals surface area contributed by atoms with Crippen molar-refractivity contribution in [2.45, 2.75) is 44.1 Å². The van der Waals surface area contributed by atoms with Crippen LogP contribution in [-0.4, -0.2) is 38.0 Å². The van der Waals surface area contributed by atoms with Crippen LogP contribution in [0.25, 0.3) is 0 Å². The summed E-state index contributed by atoms with van der Waals surface area (Å²) < 4.78 is 16.0. The summed E-state index contributed by atoms with van der Waals surface area (Å²) in [6.45, 7) is 1.74. The molecule has 1 aromatic rings. The van der Waals surface area contributed by atoms with E-state index in [4.69, 9.17) is 14.2 Å². The normalized spacial score (nSPS) is 24.6. The molecular formula is C17H24O5. The summed E-state index contributed by atoms with van der Waals surface area (Å²) in [5.74, 6) is 1.05. The van der Waals surface area contributed by atoms with E-state index in [1.165, 1.54) is 6.92 Å². The van der Waals surface area contributed by atoms with Crippen LogP contribution >= 0.6 is 0 Å². The minimum Gasteiger partial charge on any atom is -0.493 e. The molecule has 1 aliphatic carbocycles. The fourth-order valence-corrected chi connectivity index (χ4v) is 3.08. The van der Waals surface area contributed by atoms with Crippen molar-refractivity contribution in [2.24, 2.45) is 0 Å². The Bertz CT molecular complexity index is 518. The monoisotopic (exact) mass is 308 g/mol. The molecule has 22 heavy (non-hydrogen) atoms. The summed E-state index contributed by atoms with van der Waals surface area (Å²) >= 11 is 0. The number of rotatable bonds is 5. The van der Waals surface area contributed by atoms with E-state index in [9.17, 15) is 9.90 Å². The molecule has 0 aliphatic heterocycles. The minimum absolute atomic E-state index is 0.273. The fraction of sp³-hybridized carbons (Fsp3) is 0.588. The first kappa shape index (κ1) is 16.6. The molecule has 1 aromatic carbocycles. The lowest BCUT2D eigenvalue weighted by molar-refractivity contribution is -0.143. The number of ether oxygens (including phenoxy) is 3. The molecule has 0 atom stereocenters. The third-order valence-electron chi connectivity index (χ3n) is 4.46. The number of esters is 1. The molecule has 0 radical (unpaired) electrons. The second kappa shape index (κ2) is 7.01. The quantitative estimate of drug-likeness (QED) is 0.846. The molecule has 1 fully saturated rings. The summed E-state index contributed by atoms with van der Waals surface area (Å²) in [7, 11) is 3.20. The zero-order valence-corrected chi connectivity index (χ0v) is 13.4. The largest absolute Gasteiger partial charge is 0.493 e. The van der Waals surface area contributed by atoms with Crippen molar-refractivity contribution in [3.05, 3.63) is 23.8 Å². The van der Waals surface area contributed by atoms with E-state index in [0.29, 0.717) is 30.9 Å². The van der Waals surface area contributed by atoms with Gasteiger partial charge >= 0.3 is 5.97 Å². The molecule has 1 aliphatic rings. The number of carbonyl (C=O) groups excluding carboxylic acids is 1. The van der Waals surface area contributed by atoms with Gasteiger partial charge in [0.1, 0.15) is 6.61 Å². The molecule has 0 bridgehead atoms. The van der Waals surface area contributed by atoms with Gasteiger partial charge in [0.05, 0.1) is 20.3 Å². The summed E-state index contributed by atoms with van der Waals surface area (Å²) in [5, 5.41) is 9.80. The molecule has 1 saturated carbocycles. The van der Waals surface area contributed by atoms with Gasteiger partial charge in [-0.05, 0) is 43.4 Å². The molecule has 122 valence electrons. The van der Waals surface area contributed by atoms with Crippen molar-refractivity contribution in [1.82, 2.24) is 0 Å². The maximum absolute atomic E-state index is 11.2. The van der Waals surface area contributed by atoms with Crippen molar-refractivity contribution in [2.75, 3.05) is 20.8 Å². The highest BCUT2D eigenvalue weighted by atomic mass is 16.5. The van der Waals surface area contributed by atoms with E-state index in [1.807, 2.05) is 18.2 Å². The number of aliphatic hydroxyl groups excluding tert-OH is 1. The zero-order chi connectivity index (χ0) is 16.2. The average Bonchev–Trinajstić information content (AvgIpc) is 2.54. The van der Waals surface area contributed by atoms with E-state index in [0.717, 1.165) is 18.4 Å². The Morgan fingerprint density at radius 2 is 1.86 bits per heavy atom. The van der Waals surface area contributed by atoms with Crippen molar-refractivity contribution in [1.29, 1.82) is 0 Å². The highest BCUT2D eigenvalue weighted by molar-refractivity contribution is 5.66. The molecule has 0 aromatic heterocycles. The van der Waals surface area contributed by atoms with Gasteiger partial charge in [-0.25, -0.2) is 0 Å². The predicted octanol–water partition coefficient (Wildman–Crippen LogP) is 2.44. The number of carbonyl (C=O) groups is 1. The first-order valence-electron chi connectivity index (χ1n) is 7.55. The van der Waals surface area contributed by atoms with Crippen LogP contribution in [0.3, 0.4) is 0 Å². The third-order valence-corrected chi connectivity index (χ3v) is 4.46. The van der Waals surface area contributed by atoms with Crippen molar-refractivity contribution in [3.8, 4) is 11.5 Å². The molecule has 0 amide bonds. The summed E-state index contributed by atoms with van der Waals surface area (Å²) in [6, 6.07) is 5.80. The van der Waals surface area contributed by atoms with Gasteiger partial charge in [0.15, 0.2) is 11.5 Å². The van der Waals surface area contributed by atoms with Crippen molar-refractivity contribution >= 4 is 5.97 Å². The molecule has 1 N–H and O–H groups in total.